The summed E-state index contributed by atoms with van der Waals surface area (Å²) in [5, 5.41) is 0. The number of rotatable bonds is 4. The molecule has 0 radical (unpaired) electrons. The van der Waals surface area contributed by atoms with Crippen molar-refractivity contribution in [1.82, 2.24) is 0 Å². The van der Waals surface area contributed by atoms with Crippen LogP contribution in [0.3, 0.4) is 0 Å². The van der Waals surface area contributed by atoms with Crippen LogP contribution >= 0.6 is 0 Å². The van der Waals surface area contributed by atoms with E-state index in [0.717, 1.165) is 23.5 Å². The van der Waals surface area contributed by atoms with E-state index < -0.39 is 0 Å². The predicted octanol–water partition coefficient (Wildman–Crippen LogP) is 7.83. The summed E-state index contributed by atoms with van der Waals surface area (Å²) in [5.74, 6) is 2.43. The van der Waals surface area contributed by atoms with Crippen molar-refractivity contribution in [3.63, 3.8) is 0 Å². The van der Waals surface area contributed by atoms with Gasteiger partial charge in [-0.2, -0.15) is 0 Å². The summed E-state index contributed by atoms with van der Waals surface area (Å²) >= 11 is 0. The zero-order chi connectivity index (χ0) is 19.8. The van der Waals surface area contributed by atoms with Gasteiger partial charge in [0.2, 0.25) is 0 Å². The van der Waals surface area contributed by atoms with Crippen molar-refractivity contribution in [2.75, 3.05) is 0 Å². The van der Waals surface area contributed by atoms with Gasteiger partial charge in [0.1, 0.15) is 11.5 Å². The lowest BCUT2D eigenvalue weighted by Gasteiger charge is -2.10. The van der Waals surface area contributed by atoms with Crippen molar-refractivity contribution in [3.8, 4) is 22.5 Å². The first kappa shape index (κ1) is 17.8. The van der Waals surface area contributed by atoms with Gasteiger partial charge in [-0.25, -0.2) is 0 Å². The monoisotopic (exact) mass is 376 g/mol. The van der Waals surface area contributed by atoms with E-state index in [1.54, 1.807) is 0 Å². The van der Waals surface area contributed by atoms with Crippen LogP contribution < -0.4 is 0 Å². The van der Waals surface area contributed by atoms with Gasteiger partial charge in [0.25, 0.3) is 0 Å². The second-order valence-corrected chi connectivity index (χ2v) is 8.03. The molecular weight excluding hydrogens is 352 g/mol. The third-order valence-corrected chi connectivity index (χ3v) is 5.77. The second kappa shape index (κ2) is 7.25. The summed E-state index contributed by atoms with van der Waals surface area (Å²) in [7, 11) is 0. The van der Waals surface area contributed by atoms with E-state index in [1.807, 2.05) is 18.2 Å². The fraction of sp³-hybridized carbons (Fsp3) is 0.143. The van der Waals surface area contributed by atoms with Crippen LogP contribution in [0.4, 0.5) is 0 Å². The molecule has 29 heavy (non-hydrogen) atoms. The maximum absolute atomic E-state index is 6.20. The summed E-state index contributed by atoms with van der Waals surface area (Å²) in [5.41, 5.74) is 8.98. The molecule has 0 spiro atoms. The standard InChI is InChI=1S/C28H24O/c1-19(2)20-11-13-21(14-12-20)25-10-6-9-23-17-24(18-26(23)25)28-16-15-27(29-28)22-7-4-3-5-8-22/h3-16,18-19H,17H2,1-2H3. The maximum atomic E-state index is 6.20. The zero-order valence-electron chi connectivity index (χ0n) is 16.9. The molecule has 0 bridgehead atoms. The lowest BCUT2D eigenvalue weighted by atomic mass is 9.94. The molecule has 0 fully saturated rings. The van der Waals surface area contributed by atoms with E-state index in [-0.39, 0.29) is 0 Å². The van der Waals surface area contributed by atoms with Gasteiger partial charge < -0.3 is 4.42 Å². The molecule has 142 valence electrons. The van der Waals surface area contributed by atoms with Gasteiger partial charge in [-0.3, -0.25) is 0 Å². The number of fused-ring (bicyclic) bond motifs is 1. The summed E-state index contributed by atoms with van der Waals surface area (Å²) in [4.78, 5) is 0. The lowest BCUT2D eigenvalue weighted by molar-refractivity contribution is 0.566. The van der Waals surface area contributed by atoms with Crippen molar-refractivity contribution in [2.45, 2.75) is 26.2 Å². The summed E-state index contributed by atoms with van der Waals surface area (Å²) in [6.45, 7) is 4.47. The molecule has 0 unspecified atom stereocenters. The Balaban J connectivity index is 1.49. The smallest absolute Gasteiger partial charge is 0.134 e. The highest BCUT2D eigenvalue weighted by molar-refractivity contribution is 5.93. The lowest BCUT2D eigenvalue weighted by Crippen LogP contribution is -1.89. The highest BCUT2D eigenvalue weighted by Gasteiger charge is 2.20. The Morgan fingerprint density at radius 2 is 1.45 bits per heavy atom. The first-order chi connectivity index (χ1) is 14.2. The summed E-state index contributed by atoms with van der Waals surface area (Å²) in [6, 6.07) is 30.0. The van der Waals surface area contributed by atoms with Crippen molar-refractivity contribution >= 4 is 11.6 Å². The SMILES string of the molecule is CC(C)c1ccc(-c2cccc3c2C=C(c2ccc(-c4ccccc4)o2)C3)cc1. The normalized spacial score (nSPS) is 12.9. The molecule has 0 atom stereocenters. The number of hydrogen-bond acceptors (Lipinski definition) is 1. The van der Waals surface area contributed by atoms with Gasteiger partial charge in [0.05, 0.1) is 0 Å². The Hall–Kier alpha value is -3.32. The van der Waals surface area contributed by atoms with Crippen LogP contribution in [0, 0.1) is 0 Å². The van der Waals surface area contributed by atoms with Crippen LogP contribution in [-0.4, -0.2) is 0 Å². The van der Waals surface area contributed by atoms with Crippen LogP contribution in [0.5, 0.6) is 0 Å². The van der Waals surface area contributed by atoms with Gasteiger partial charge in [-0.15, -0.1) is 0 Å². The van der Waals surface area contributed by atoms with E-state index in [4.69, 9.17) is 4.42 Å². The molecule has 1 nitrogen and oxygen atoms in total. The third-order valence-electron chi connectivity index (χ3n) is 5.77. The third kappa shape index (κ3) is 3.34. The van der Waals surface area contributed by atoms with Crippen LogP contribution in [0.15, 0.2) is 89.3 Å². The Labute approximate surface area is 172 Å². The molecule has 1 aromatic heterocycles. The highest BCUT2D eigenvalue weighted by atomic mass is 16.3. The molecule has 4 aromatic rings. The highest BCUT2D eigenvalue weighted by Crippen LogP contribution is 2.39. The van der Waals surface area contributed by atoms with Gasteiger partial charge in [-0.05, 0) is 57.5 Å². The van der Waals surface area contributed by atoms with Crippen LogP contribution in [0.25, 0.3) is 34.1 Å². The predicted molar refractivity (Wildman–Crippen MR) is 122 cm³/mol. The van der Waals surface area contributed by atoms with Crippen molar-refractivity contribution < 1.29 is 4.42 Å². The Bertz CT molecular complexity index is 1170. The Kier molecular flexibility index (Phi) is 4.44. The van der Waals surface area contributed by atoms with Gasteiger partial charge in [0, 0.05) is 12.0 Å². The van der Waals surface area contributed by atoms with E-state index in [0.29, 0.717) is 5.92 Å². The van der Waals surface area contributed by atoms with Gasteiger partial charge in [-0.1, -0.05) is 86.6 Å². The minimum absolute atomic E-state index is 0.551. The largest absolute Gasteiger partial charge is 0.456 e. The second-order valence-electron chi connectivity index (χ2n) is 8.03. The van der Waals surface area contributed by atoms with Gasteiger partial charge in [0.15, 0.2) is 0 Å². The molecule has 1 aliphatic rings. The Morgan fingerprint density at radius 3 is 2.21 bits per heavy atom. The fourth-order valence-corrected chi connectivity index (χ4v) is 4.09. The number of hydrogen-bond donors (Lipinski definition) is 0. The van der Waals surface area contributed by atoms with E-state index in [2.05, 4.69) is 86.7 Å². The quantitative estimate of drug-likeness (QED) is 0.354. The molecule has 0 saturated carbocycles. The summed E-state index contributed by atoms with van der Waals surface area (Å²) in [6.07, 6.45) is 3.21. The van der Waals surface area contributed by atoms with Crippen molar-refractivity contribution in [2.24, 2.45) is 0 Å². The van der Waals surface area contributed by atoms with Crippen molar-refractivity contribution in [3.05, 3.63) is 107 Å². The maximum Gasteiger partial charge on any atom is 0.134 e. The topological polar surface area (TPSA) is 13.1 Å². The minimum Gasteiger partial charge on any atom is -0.456 e. The zero-order valence-corrected chi connectivity index (χ0v) is 16.9. The Morgan fingerprint density at radius 1 is 0.690 bits per heavy atom. The first-order valence-corrected chi connectivity index (χ1v) is 10.3. The molecule has 0 amide bonds. The number of benzene rings is 3. The number of allylic oxidation sites excluding steroid dienone is 1. The van der Waals surface area contributed by atoms with Crippen LogP contribution in [0.1, 0.15) is 42.2 Å². The fourth-order valence-electron chi connectivity index (χ4n) is 4.09. The average Bonchev–Trinajstić information content (AvgIpc) is 3.41. The van der Waals surface area contributed by atoms with Crippen molar-refractivity contribution in [1.29, 1.82) is 0 Å². The molecule has 0 saturated heterocycles. The van der Waals surface area contributed by atoms with Gasteiger partial charge >= 0.3 is 0 Å². The molecule has 1 heterocycles. The van der Waals surface area contributed by atoms with Crippen LogP contribution in [-0.2, 0) is 6.42 Å². The average molecular weight is 376 g/mol. The molecule has 1 aliphatic carbocycles. The molecule has 1 heteroatoms. The molecule has 3 aromatic carbocycles. The van der Waals surface area contributed by atoms with E-state index in [1.165, 1.54) is 33.4 Å². The molecular formula is C28H24O. The van der Waals surface area contributed by atoms with Crippen LogP contribution in [0.2, 0.25) is 0 Å². The minimum atomic E-state index is 0.551. The molecule has 0 aliphatic heterocycles. The molecule has 5 rings (SSSR count). The van der Waals surface area contributed by atoms with E-state index >= 15 is 0 Å². The number of furan rings is 1. The summed E-state index contributed by atoms with van der Waals surface area (Å²) < 4.78 is 6.20. The molecule has 0 N–H and O–H groups in total. The first-order valence-electron chi connectivity index (χ1n) is 10.3. The van der Waals surface area contributed by atoms with E-state index in [9.17, 15) is 0 Å².